The van der Waals surface area contributed by atoms with Gasteiger partial charge in [-0.2, -0.15) is 0 Å². The predicted molar refractivity (Wildman–Crippen MR) is 180 cm³/mol. The molecular weight excluding hydrogens is 613 g/mol. The minimum Gasteiger partial charge on any atom is -0.480 e. The van der Waals surface area contributed by atoms with E-state index in [1.54, 1.807) is 0 Å². The fourth-order valence-corrected chi connectivity index (χ4v) is 5.37. The number of phosphoric acid groups is 1. The van der Waals surface area contributed by atoms with Gasteiger partial charge in [0.1, 0.15) is 12.7 Å². The maximum atomic E-state index is 12.2. The van der Waals surface area contributed by atoms with Crippen LogP contribution in [0, 0.1) is 0 Å². The van der Waals surface area contributed by atoms with E-state index in [1.807, 2.05) is 0 Å². The number of nitrogens with one attached hydrogen (secondary N) is 1. The summed E-state index contributed by atoms with van der Waals surface area (Å²) in [5, 5.41) is 21.2. The number of hydrogen-bond donors (Lipinski definition) is 4. The number of ether oxygens (including phenoxy) is 1. The van der Waals surface area contributed by atoms with Crippen LogP contribution >= 0.6 is 7.82 Å². The molecule has 0 aliphatic carbocycles. The second-order valence-corrected chi connectivity index (χ2v) is 13.2. The van der Waals surface area contributed by atoms with Crippen molar-refractivity contribution in [2.75, 3.05) is 19.8 Å². The molecule has 0 aromatic rings. The SMILES string of the molecule is CCCCC/C=C\C/C=C\CCCCCCCCCCCCCCCC(=O)NC(COP(=O)(O)OCC(O)COC(C)=O)C(=O)O. The Kier molecular flexibility index (Phi) is 29.0. The number of carboxylic acid groups (broad SMARTS) is 1. The molecule has 0 heterocycles. The van der Waals surface area contributed by atoms with Crippen LogP contribution < -0.4 is 5.32 Å². The molecule has 0 fully saturated rings. The number of hydrogen-bond acceptors (Lipinski definition) is 8. The number of rotatable bonds is 32. The molecule has 0 saturated carbocycles. The van der Waals surface area contributed by atoms with Crippen molar-refractivity contribution < 1.29 is 47.8 Å². The van der Waals surface area contributed by atoms with Gasteiger partial charge in [0.05, 0.1) is 13.2 Å². The number of carbonyl (C=O) groups is 3. The molecule has 0 rings (SSSR count). The minimum absolute atomic E-state index is 0.145. The van der Waals surface area contributed by atoms with E-state index in [-0.39, 0.29) is 6.42 Å². The molecule has 0 aromatic heterocycles. The Morgan fingerprint density at radius 2 is 1.20 bits per heavy atom. The van der Waals surface area contributed by atoms with Crippen LogP contribution in [0.2, 0.25) is 0 Å². The summed E-state index contributed by atoms with van der Waals surface area (Å²) in [6, 6.07) is -1.54. The van der Waals surface area contributed by atoms with E-state index in [9.17, 15) is 34.1 Å². The van der Waals surface area contributed by atoms with Crippen molar-refractivity contribution in [3.8, 4) is 0 Å². The average Bonchev–Trinajstić information content (AvgIpc) is 3.01. The Bertz CT molecular complexity index is 895. The van der Waals surface area contributed by atoms with E-state index in [0.29, 0.717) is 6.42 Å². The van der Waals surface area contributed by atoms with Gasteiger partial charge in [0, 0.05) is 13.3 Å². The van der Waals surface area contributed by atoms with E-state index < -0.39 is 57.6 Å². The lowest BCUT2D eigenvalue weighted by Crippen LogP contribution is -2.43. The summed E-state index contributed by atoms with van der Waals surface area (Å²) in [7, 11) is -4.71. The highest BCUT2D eigenvalue weighted by Crippen LogP contribution is 2.43. The quantitative estimate of drug-likeness (QED) is 0.0242. The highest BCUT2D eigenvalue weighted by Gasteiger charge is 2.28. The van der Waals surface area contributed by atoms with Gasteiger partial charge < -0.3 is 25.2 Å². The molecule has 1 amide bonds. The van der Waals surface area contributed by atoms with Crippen molar-refractivity contribution in [1.82, 2.24) is 5.32 Å². The summed E-state index contributed by atoms with van der Waals surface area (Å²) < 4.78 is 25.7. The second kappa shape index (κ2) is 30.3. The van der Waals surface area contributed by atoms with Crippen molar-refractivity contribution in [2.24, 2.45) is 0 Å². The molecule has 0 aliphatic rings. The Morgan fingerprint density at radius 3 is 1.70 bits per heavy atom. The van der Waals surface area contributed by atoms with Gasteiger partial charge in [-0.25, -0.2) is 9.36 Å². The standard InChI is InChI=1S/C34H62NO10P/c1-3-4-5-6-7-8-9-10-11-12-13-14-15-16-17-18-19-20-21-22-23-24-25-26-33(38)35-32(34(39)40)29-45-46(41,42)44-28-31(37)27-43-30(2)36/h7-8,10-11,31-32,37H,3-6,9,12-29H2,1-2H3,(H,35,38)(H,39,40)(H,41,42)/b8-7-,11-10-. The number of allylic oxidation sites excluding steroid dienone is 4. The third-order valence-corrected chi connectivity index (χ3v) is 8.25. The van der Waals surface area contributed by atoms with E-state index in [0.717, 1.165) is 32.6 Å². The van der Waals surface area contributed by atoms with Crippen LogP contribution in [-0.2, 0) is 32.7 Å². The largest absolute Gasteiger partial charge is 0.480 e. The highest BCUT2D eigenvalue weighted by molar-refractivity contribution is 7.47. The first-order chi connectivity index (χ1) is 22.1. The van der Waals surface area contributed by atoms with Crippen LogP contribution in [0.4, 0.5) is 0 Å². The number of phosphoric ester groups is 1. The zero-order valence-corrected chi connectivity index (χ0v) is 29.3. The smallest absolute Gasteiger partial charge is 0.472 e. The fraction of sp³-hybridized carbons (Fsp3) is 0.794. The number of esters is 1. The van der Waals surface area contributed by atoms with Gasteiger partial charge in [0.25, 0.3) is 0 Å². The van der Waals surface area contributed by atoms with Gasteiger partial charge in [0.2, 0.25) is 5.91 Å². The van der Waals surface area contributed by atoms with E-state index in [2.05, 4.69) is 50.3 Å². The number of aliphatic carboxylic acids is 1. The maximum absolute atomic E-state index is 12.2. The molecule has 11 nitrogen and oxygen atoms in total. The number of carbonyl (C=O) groups excluding carboxylic acids is 2. The third kappa shape index (κ3) is 30.6. The summed E-state index contributed by atoms with van der Waals surface area (Å²) in [4.78, 5) is 44.0. The summed E-state index contributed by atoms with van der Waals surface area (Å²) in [5.41, 5.74) is 0. The van der Waals surface area contributed by atoms with Crippen LogP contribution in [0.1, 0.15) is 142 Å². The highest BCUT2D eigenvalue weighted by atomic mass is 31.2. The van der Waals surface area contributed by atoms with Crippen molar-refractivity contribution in [2.45, 2.75) is 154 Å². The molecule has 12 heteroatoms. The Hall–Kier alpha value is -2.04. The molecular formula is C34H62NO10P. The van der Waals surface area contributed by atoms with Gasteiger partial charge in [-0.15, -0.1) is 0 Å². The zero-order chi connectivity index (χ0) is 34.3. The average molecular weight is 676 g/mol. The molecule has 0 aliphatic heterocycles. The molecule has 3 atom stereocenters. The molecule has 4 N–H and O–H groups in total. The van der Waals surface area contributed by atoms with E-state index >= 15 is 0 Å². The van der Waals surface area contributed by atoms with Crippen molar-refractivity contribution >= 4 is 25.7 Å². The third-order valence-electron chi connectivity index (χ3n) is 7.30. The lowest BCUT2D eigenvalue weighted by molar-refractivity contribution is -0.144. The number of amides is 1. The first-order valence-electron chi connectivity index (χ1n) is 17.3. The van der Waals surface area contributed by atoms with Gasteiger partial charge in [-0.05, 0) is 38.5 Å². The van der Waals surface area contributed by atoms with Crippen LogP contribution in [-0.4, -0.2) is 64.9 Å². The van der Waals surface area contributed by atoms with Crippen LogP contribution in [0.15, 0.2) is 24.3 Å². The molecule has 268 valence electrons. The Balaban J connectivity index is 3.72. The lowest BCUT2D eigenvalue weighted by Gasteiger charge is -2.18. The Labute approximate surface area is 277 Å². The second-order valence-electron chi connectivity index (χ2n) is 11.8. The van der Waals surface area contributed by atoms with Gasteiger partial charge in [0.15, 0.2) is 6.04 Å². The van der Waals surface area contributed by atoms with Crippen LogP contribution in [0.25, 0.3) is 0 Å². The fourth-order valence-electron chi connectivity index (χ4n) is 4.60. The topological polar surface area (TPSA) is 169 Å². The molecule has 0 bridgehead atoms. The monoisotopic (exact) mass is 675 g/mol. The van der Waals surface area contributed by atoms with Gasteiger partial charge >= 0.3 is 19.8 Å². The number of aliphatic hydroxyl groups excluding tert-OH is 1. The zero-order valence-electron chi connectivity index (χ0n) is 28.4. The van der Waals surface area contributed by atoms with Gasteiger partial charge in [-0.1, -0.05) is 115 Å². The molecule has 0 spiro atoms. The van der Waals surface area contributed by atoms with Crippen LogP contribution in [0.3, 0.4) is 0 Å². The van der Waals surface area contributed by atoms with Crippen molar-refractivity contribution in [1.29, 1.82) is 0 Å². The number of unbranched alkanes of at least 4 members (excludes halogenated alkanes) is 16. The lowest BCUT2D eigenvalue weighted by atomic mass is 10.0. The summed E-state index contributed by atoms with van der Waals surface area (Å²) in [6.45, 7) is 1.45. The summed E-state index contributed by atoms with van der Waals surface area (Å²) >= 11 is 0. The predicted octanol–water partition coefficient (Wildman–Crippen LogP) is 7.55. The maximum Gasteiger partial charge on any atom is 0.472 e. The first kappa shape index (κ1) is 44.0. The minimum atomic E-state index is -4.71. The number of aliphatic hydroxyl groups is 1. The molecule has 0 saturated heterocycles. The normalized spacial score (nSPS) is 14.3. The molecule has 0 radical (unpaired) electrons. The van der Waals surface area contributed by atoms with Crippen molar-refractivity contribution in [3.63, 3.8) is 0 Å². The van der Waals surface area contributed by atoms with Crippen molar-refractivity contribution in [3.05, 3.63) is 24.3 Å². The van der Waals surface area contributed by atoms with Gasteiger partial charge in [-0.3, -0.25) is 18.6 Å². The van der Waals surface area contributed by atoms with Crippen LogP contribution in [0.5, 0.6) is 0 Å². The first-order valence-corrected chi connectivity index (χ1v) is 18.8. The summed E-state index contributed by atoms with van der Waals surface area (Å²) in [6.07, 6.45) is 30.4. The Morgan fingerprint density at radius 1 is 0.717 bits per heavy atom. The van der Waals surface area contributed by atoms with E-state index in [4.69, 9.17) is 0 Å². The number of carboxylic acids is 1. The molecule has 3 unspecified atom stereocenters. The summed E-state index contributed by atoms with van der Waals surface area (Å²) in [5.74, 6) is -2.56. The van der Waals surface area contributed by atoms with E-state index in [1.165, 1.54) is 89.9 Å². The molecule has 0 aromatic carbocycles. The molecule has 46 heavy (non-hydrogen) atoms.